The maximum Gasteiger partial charge on any atom is 0.123 e. The lowest BCUT2D eigenvalue weighted by atomic mass is 10.0. The van der Waals surface area contributed by atoms with Crippen molar-refractivity contribution >= 4 is 0 Å². The first-order chi connectivity index (χ1) is 7.69. The minimum Gasteiger partial charge on any atom is -0.491 e. The lowest BCUT2D eigenvalue weighted by Crippen LogP contribution is -2.07. The normalized spacial score (nSPS) is 10.8. The summed E-state index contributed by atoms with van der Waals surface area (Å²) in [5, 5.41) is 9.08. The van der Waals surface area contributed by atoms with Crippen molar-refractivity contribution in [3.8, 4) is 5.75 Å². The van der Waals surface area contributed by atoms with E-state index >= 15 is 0 Å². The van der Waals surface area contributed by atoms with Crippen LogP contribution in [-0.2, 0) is 11.3 Å². The van der Waals surface area contributed by atoms with Gasteiger partial charge in [0.1, 0.15) is 12.4 Å². The van der Waals surface area contributed by atoms with Crippen molar-refractivity contribution in [3.63, 3.8) is 0 Å². The van der Waals surface area contributed by atoms with Gasteiger partial charge in [0.05, 0.1) is 13.2 Å². The molecule has 0 aliphatic rings. The van der Waals surface area contributed by atoms with Crippen LogP contribution in [-0.4, -0.2) is 25.4 Å². The van der Waals surface area contributed by atoms with Crippen LogP contribution in [0, 0.1) is 0 Å². The molecule has 0 heterocycles. The van der Waals surface area contributed by atoms with E-state index in [0.29, 0.717) is 19.1 Å². The molecule has 0 unspecified atom stereocenters. The van der Waals surface area contributed by atoms with E-state index in [0.717, 1.165) is 16.9 Å². The summed E-state index contributed by atoms with van der Waals surface area (Å²) in [6, 6.07) is 5.84. The van der Waals surface area contributed by atoms with Crippen LogP contribution < -0.4 is 4.74 Å². The van der Waals surface area contributed by atoms with Crippen LogP contribution in [0.1, 0.15) is 30.9 Å². The summed E-state index contributed by atoms with van der Waals surface area (Å²) >= 11 is 0. The van der Waals surface area contributed by atoms with Crippen LogP contribution in [0.15, 0.2) is 18.2 Å². The number of benzene rings is 1. The molecule has 90 valence electrons. The summed E-state index contributed by atoms with van der Waals surface area (Å²) in [6.07, 6.45) is 0. The van der Waals surface area contributed by atoms with Crippen molar-refractivity contribution in [1.29, 1.82) is 0 Å². The van der Waals surface area contributed by atoms with Crippen molar-refractivity contribution < 1.29 is 14.6 Å². The molecule has 0 saturated heterocycles. The Morgan fingerprint density at radius 2 is 2.00 bits per heavy atom. The SMILES string of the molecule is COCCOc1cc(CO)ccc1C(C)C. The van der Waals surface area contributed by atoms with E-state index in [1.807, 2.05) is 18.2 Å². The van der Waals surface area contributed by atoms with Crippen molar-refractivity contribution in [2.24, 2.45) is 0 Å². The first kappa shape index (κ1) is 13.0. The first-order valence-electron chi connectivity index (χ1n) is 5.54. The highest BCUT2D eigenvalue weighted by molar-refractivity contribution is 5.39. The predicted molar refractivity (Wildman–Crippen MR) is 63.8 cm³/mol. The monoisotopic (exact) mass is 224 g/mol. The molecular weight excluding hydrogens is 204 g/mol. The van der Waals surface area contributed by atoms with Gasteiger partial charge in [-0.05, 0) is 23.1 Å². The molecular formula is C13H20O3. The Kier molecular flexibility index (Phi) is 5.29. The van der Waals surface area contributed by atoms with E-state index < -0.39 is 0 Å². The standard InChI is InChI=1S/C13H20O3/c1-10(2)12-5-4-11(9-14)8-13(12)16-7-6-15-3/h4-5,8,10,14H,6-7,9H2,1-3H3. The second-order valence-electron chi connectivity index (χ2n) is 4.03. The zero-order valence-corrected chi connectivity index (χ0v) is 10.2. The molecule has 0 atom stereocenters. The van der Waals surface area contributed by atoms with Crippen LogP contribution in [0.5, 0.6) is 5.75 Å². The average Bonchev–Trinajstić information content (AvgIpc) is 2.29. The molecule has 1 aromatic rings. The van der Waals surface area contributed by atoms with E-state index in [1.54, 1.807) is 7.11 Å². The van der Waals surface area contributed by atoms with Gasteiger partial charge in [0.2, 0.25) is 0 Å². The molecule has 0 aliphatic heterocycles. The van der Waals surface area contributed by atoms with Crippen LogP contribution in [0.3, 0.4) is 0 Å². The number of ether oxygens (including phenoxy) is 2. The smallest absolute Gasteiger partial charge is 0.123 e. The Labute approximate surface area is 97.0 Å². The molecule has 0 radical (unpaired) electrons. The summed E-state index contributed by atoms with van der Waals surface area (Å²) < 4.78 is 10.6. The molecule has 1 aromatic carbocycles. The molecule has 0 spiro atoms. The van der Waals surface area contributed by atoms with E-state index in [9.17, 15) is 0 Å². The highest BCUT2D eigenvalue weighted by Gasteiger charge is 2.08. The molecule has 0 aromatic heterocycles. The fraction of sp³-hybridized carbons (Fsp3) is 0.538. The van der Waals surface area contributed by atoms with E-state index in [2.05, 4.69) is 13.8 Å². The molecule has 3 heteroatoms. The number of rotatable bonds is 6. The minimum atomic E-state index is 0.0407. The summed E-state index contributed by atoms with van der Waals surface area (Å²) in [4.78, 5) is 0. The molecule has 0 aliphatic carbocycles. The Morgan fingerprint density at radius 1 is 1.25 bits per heavy atom. The summed E-state index contributed by atoms with van der Waals surface area (Å²) in [5.41, 5.74) is 2.03. The molecule has 3 nitrogen and oxygen atoms in total. The van der Waals surface area contributed by atoms with Crippen molar-refractivity contribution in [1.82, 2.24) is 0 Å². The second-order valence-corrected chi connectivity index (χ2v) is 4.03. The molecule has 0 saturated carbocycles. The quantitative estimate of drug-likeness (QED) is 0.754. The Balaban J connectivity index is 2.83. The Morgan fingerprint density at radius 3 is 2.56 bits per heavy atom. The highest BCUT2D eigenvalue weighted by Crippen LogP contribution is 2.27. The van der Waals surface area contributed by atoms with Gasteiger partial charge in [-0.15, -0.1) is 0 Å². The zero-order chi connectivity index (χ0) is 12.0. The summed E-state index contributed by atoms with van der Waals surface area (Å²) in [7, 11) is 1.65. The third-order valence-electron chi connectivity index (χ3n) is 2.43. The highest BCUT2D eigenvalue weighted by atomic mass is 16.5. The number of hydrogen-bond acceptors (Lipinski definition) is 3. The van der Waals surface area contributed by atoms with E-state index in [4.69, 9.17) is 14.6 Å². The van der Waals surface area contributed by atoms with Crippen LogP contribution >= 0.6 is 0 Å². The lowest BCUT2D eigenvalue weighted by molar-refractivity contribution is 0.145. The van der Waals surface area contributed by atoms with Gasteiger partial charge < -0.3 is 14.6 Å². The van der Waals surface area contributed by atoms with Gasteiger partial charge in [-0.3, -0.25) is 0 Å². The van der Waals surface area contributed by atoms with Gasteiger partial charge in [0, 0.05) is 7.11 Å². The summed E-state index contributed by atoms with van der Waals surface area (Å²) in [5.74, 6) is 1.25. The number of methoxy groups -OCH3 is 1. The third kappa shape index (κ3) is 3.51. The van der Waals surface area contributed by atoms with Crippen molar-refractivity contribution in [3.05, 3.63) is 29.3 Å². The second kappa shape index (κ2) is 6.51. The maximum atomic E-state index is 9.08. The van der Waals surface area contributed by atoms with Gasteiger partial charge >= 0.3 is 0 Å². The summed E-state index contributed by atoms with van der Waals surface area (Å²) in [6.45, 7) is 5.39. The molecule has 0 fully saturated rings. The number of aliphatic hydroxyl groups is 1. The van der Waals surface area contributed by atoms with Gasteiger partial charge in [-0.1, -0.05) is 26.0 Å². The molecule has 1 rings (SSSR count). The molecule has 1 N–H and O–H groups in total. The van der Waals surface area contributed by atoms with Gasteiger partial charge in [0.15, 0.2) is 0 Å². The predicted octanol–water partition coefficient (Wildman–Crippen LogP) is 2.33. The number of hydrogen-bond donors (Lipinski definition) is 1. The average molecular weight is 224 g/mol. The Hall–Kier alpha value is -1.06. The zero-order valence-electron chi connectivity index (χ0n) is 10.2. The van der Waals surface area contributed by atoms with Gasteiger partial charge in [-0.25, -0.2) is 0 Å². The molecule has 0 bridgehead atoms. The molecule has 16 heavy (non-hydrogen) atoms. The third-order valence-corrected chi connectivity index (χ3v) is 2.43. The van der Waals surface area contributed by atoms with Crippen LogP contribution in [0.4, 0.5) is 0 Å². The lowest BCUT2D eigenvalue weighted by Gasteiger charge is -2.14. The largest absolute Gasteiger partial charge is 0.491 e. The molecule has 0 amide bonds. The van der Waals surface area contributed by atoms with Gasteiger partial charge in [-0.2, -0.15) is 0 Å². The van der Waals surface area contributed by atoms with E-state index in [-0.39, 0.29) is 6.61 Å². The van der Waals surface area contributed by atoms with E-state index in [1.165, 1.54) is 0 Å². The number of aliphatic hydroxyl groups excluding tert-OH is 1. The minimum absolute atomic E-state index is 0.0407. The van der Waals surface area contributed by atoms with Crippen LogP contribution in [0.2, 0.25) is 0 Å². The maximum absolute atomic E-state index is 9.08. The topological polar surface area (TPSA) is 38.7 Å². The van der Waals surface area contributed by atoms with Crippen molar-refractivity contribution in [2.75, 3.05) is 20.3 Å². The fourth-order valence-corrected chi connectivity index (χ4v) is 1.51. The fourth-order valence-electron chi connectivity index (χ4n) is 1.51. The van der Waals surface area contributed by atoms with Gasteiger partial charge in [0.25, 0.3) is 0 Å². The van der Waals surface area contributed by atoms with Crippen molar-refractivity contribution in [2.45, 2.75) is 26.4 Å². The van der Waals surface area contributed by atoms with Crippen LogP contribution in [0.25, 0.3) is 0 Å². The first-order valence-corrected chi connectivity index (χ1v) is 5.54. The Bertz CT molecular complexity index is 321.